The van der Waals surface area contributed by atoms with Crippen molar-refractivity contribution in [2.24, 2.45) is 40.4 Å². The molecule has 0 radical (unpaired) electrons. The number of carbonyl (C=O) groups is 1. The molecular formula is C32H52O3. The van der Waals surface area contributed by atoms with E-state index in [-0.39, 0.29) is 12.7 Å². The fourth-order valence-corrected chi connectivity index (χ4v) is 8.78. The normalized spacial score (nSPS) is 38.2. The van der Waals surface area contributed by atoms with Crippen LogP contribution >= 0.6 is 0 Å². The van der Waals surface area contributed by atoms with Crippen LogP contribution in [-0.4, -0.2) is 18.9 Å². The number of rotatable bonds is 9. The Hall–Kier alpha value is -1.25. The van der Waals surface area contributed by atoms with E-state index < -0.39 is 6.16 Å². The first-order valence-corrected chi connectivity index (χ1v) is 14.8. The molecule has 0 bridgehead atoms. The minimum atomic E-state index is -0.537. The van der Waals surface area contributed by atoms with Crippen molar-refractivity contribution in [3.63, 3.8) is 0 Å². The zero-order chi connectivity index (χ0) is 25.2. The van der Waals surface area contributed by atoms with Gasteiger partial charge < -0.3 is 9.47 Å². The number of ether oxygens (including phenoxy) is 2. The van der Waals surface area contributed by atoms with Crippen LogP contribution in [0, 0.1) is 40.4 Å². The lowest BCUT2D eigenvalue weighted by molar-refractivity contribution is -0.0559. The van der Waals surface area contributed by atoms with Crippen molar-refractivity contribution in [1.29, 1.82) is 0 Å². The quantitative estimate of drug-likeness (QED) is 0.186. The van der Waals surface area contributed by atoms with E-state index in [2.05, 4.69) is 40.3 Å². The van der Waals surface area contributed by atoms with Gasteiger partial charge in [-0.1, -0.05) is 71.6 Å². The summed E-state index contributed by atoms with van der Waals surface area (Å²) in [5.74, 6) is 4.36. The summed E-state index contributed by atoms with van der Waals surface area (Å²) < 4.78 is 10.9. The lowest BCUT2D eigenvalue weighted by atomic mass is 9.47. The van der Waals surface area contributed by atoms with Crippen LogP contribution in [0.3, 0.4) is 0 Å². The first-order chi connectivity index (χ1) is 16.6. The van der Waals surface area contributed by atoms with E-state index >= 15 is 0 Å². The molecular weight excluding hydrogens is 432 g/mol. The summed E-state index contributed by atoms with van der Waals surface area (Å²) >= 11 is 0. The van der Waals surface area contributed by atoms with Gasteiger partial charge in [-0.15, -0.1) is 0 Å². The fourth-order valence-electron chi connectivity index (χ4n) is 8.78. The number of fused-ring (bicyclic) bond motifs is 5. The van der Waals surface area contributed by atoms with Crippen molar-refractivity contribution in [3.8, 4) is 0 Å². The van der Waals surface area contributed by atoms with Crippen molar-refractivity contribution >= 4 is 6.16 Å². The lowest BCUT2D eigenvalue weighted by Gasteiger charge is -2.58. The van der Waals surface area contributed by atoms with E-state index in [4.69, 9.17) is 9.47 Å². The molecule has 0 aromatic rings. The smallest absolute Gasteiger partial charge is 0.431 e. The standard InChI is InChI=1S/C32H52O3/c1-22(2)10-8-7-9-11-24-13-15-28-27-14-12-25-20-26(35-30(33)34-21-23(3)4)16-18-32(25,6)29(27)17-19-31(24,28)5/h12,22,24,26-29H,3,7-11,13-21H2,1-2,4-6H3/t24-,26-,27-,28-,29-,31+,32+/m0/s1. The molecule has 3 saturated carbocycles. The molecule has 0 aliphatic heterocycles. The number of hydrogen-bond acceptors (Lipinski definition) is 3. The van der Waals surface area contributed by atoms with Crippen molar-refractivity contribution in [1.82, 2.24) is 0 Å². The molecule has 4 rings (SSSR count). The van der Waals surface area contributed by atoms with E-state index in [1.165, 1.54) is 64.2 Å². The first-order valence-electron chi connectivity index (χ1n) is 14.8. The summed E-state index contributed by atoms with van der Waals surface area (Å²) in [7, 11) is 0. The number of allylic oxidation sites excluding steroid dienone is 1. The van der Waals surface area contributed by atoms with Gasteiger partial charge in [-0.05, 0) is 104 Å². The number of hydrogen-bond donors (Lipinski definition) is 0. The SMILES string of the molecule is C=C(C)COC(=O)O[C@H]1CC[C@]2(C)C(=CC[C@H]3[C@@H]4CC[C@H](CCCCCC(C)C)[C@@]4(C)CC[C@@H]32)C1. The molecule has 4 aliphatic carbocycles. The molecule has 0 amide bonds. The van der Waals surface area contributed by atoms with Crippen molar-refractivity contribution in [2.45, 2.75) is 124 Å². The Kier molecular flexibility index (Phi) is 8.43. The molecule has 3 nitrogen and oxygen atoms in total. The molecule has 0 saturated heterocycles. The Bertz CT molecular complexity index is 797. The van der Waals surface area contributed by atoms with Gasteiger partial charge in [0.25, 0.3) is 0 Å². The zero-order valence-corrected chi connectivity index (χ0v) is 23.4. The fraction of sp³-hybridized carbons (Fsp3) is 0.844. The molecule has 7 atom stereocenters. The third kappa shape index (κ3) is 5.69. The highest BCUT2D eigenvalue weighted by molar-refractivity contribution is 5.60. The molecule has 0 aromatic carbocycles. The maximum atomic E-state index is 12.1. The number of unbranched alkanes of at least 4 members (excludes halogenated alkanes) is 2. The Morgan fingerprint density at radius 3 is 2.63 bits per heavy atom. The largest absolute Gasteiger partial charge is 0.508 e. The van der Waals surface area contributed by atoms with E-state index in [0.717, 1.165) is 54.4 Å². The highest BCUT2D eigenvalue weighted by atomic mass is 16.7. The third-order valence-electron chi connectivity index (χ3n) is 10.8. The molecule has 35 heavy (non-hydrogen) atoms. The molecule has 0 aromatic heterocycles. The van der Waals surface area contributed by atoms with Gasteiger partial charge in [0.2, 0.25) is 0 Å². The van der Waals surface area contributed by atoms with Gasteiger partial charge in [0.05, 0.1) is 0 Å². The minimum Gasteiger partial charge on any atom is -0.431 e. The summed E-state index contributed by atoms with van der Waals surface area (Å²) in [6.45, 7) is 15.8. The predicted octanol–water partition coefficient (Wildman–Crippen LogP) is 9.27. The van der Waals surface area contributed by atoms with Crippen LogP contribution in [0.2, 0.25) is 0 Å². The first kappa shape index (κ1) is 26.8. The van der Waals surface area contributed by atoms with Crippen LogP contribution in [-0.2, 0) is 9.47 Å². The highest BCUT2D eigenvalue weighted by Gasteiger charge is 2.58. The number of carbonyl (C=O) groups excluding carboxylic acids is 1. The van der Waals surface area contributed by atoms with Gasteiger partial charge in [0.15, 0.2) is 0 Å². The van der Waals surface area contributed by atoms with Gasteiger partial charge >= 0.3 is 6.16 Å². The summed E-state index contributed by atoms with van der Waals surface area (Å²) in [6.07, 6.45) is 19.1. The molecule has 0 N–H and O–H groups in total. The second kappa shape index (κ2) is 11.0. The molecule has 3 fully saturated rings. The highest BCUT2D eigenvalue weighted by Crippen LogP contribution is 2.66. The van der Waals surface area contributed by atoms with Gasteiger partial charge in [-0.2, -0.15) is 0 Å². The maximum absolute atomic E-state index is 12.1. The van der Waals surface area contributed by atoms with Crippen LogP contribution in [0.15, 0.2) is 23.8 Å². The van der Waals surface area contributed by atoms with Gasteiger partial charge in [-0.3, -0.25) is 0 Å². The molecule has 0 spiro atoms. The molecule has 3 heteroatoms. The summed E-state index contributed by atoms with van der Waals surface area (Å²) in [5, 5.41) is 0. The lowest BCUT2D eigenvalue weighted by Crippen LogP contribution is -2.50. The molecule has 0 unspecified atom stereocenters. The van der Waals surface area contributed by atoms with E-state index in [1.54, 1.807) is 5.57 Å². The van der Waals surface area contributed by atoms with Crippen LogP contribution in [0.4, 0.5) is 4.79 Å². The zero-order valence-electron chi connectivity index (χ0n) is 23.4. The maximum Gasteiger partial charge on any atom is 0.508 e. The predicted molar refractivity (Wildman–Crippen MR) is 144 cm³/mol. The van der Waals surface area contributed by atoms with Gasteiger partial charge in [-0.25, -0.2) is 4.79 Å². The van der Waals surface area contributed by atoms with Crippen molar-refractivity contribution in [2.75, 3.05) is 6.61 Å². The molecule has 4 aliphatic rings. The van der Waals surface area contributed by atoms with Crippen LogP contribution < -0.4 is 0 Å². The molecule has 0 heterocycles. The Morgan fingerprint density at radius 2 is 1.89 bits per heavy atom. The second-order valence-electron chi connectivity index (χ2n) is 13.6. The van der Waals surface area contributed by atoms with E-state index in [0.29, 0.717) is 10.8 Å². The van der Waals surface area contributed by atoms with Crippen molar-refractivity contribution in [3.05, 3.63) is 23.8 Å². The van der Waals surface area contributed by atoms with Crippen LogP contribution in [0.1, 0.15) is 118 Å². The van der Waals surface area contributed by atoms with Crippen LogP contribution in [0.25, 0.3) is 0 Å². The third-order valence-corrected chi connectivity index (χ3v) is 10.8. The average molecular weight is 485 g/mol. The van der Waals surface area contributed by atoms with Crippen molar-refractivity contribution < 1.29 is 14.3 Å². The van der Waals surface area contributed by atoms with Gasteiger partial charge in [0.1, 0.15) is 12.7 Å². The Balaban J connectivity index is 1.35. The Morgan fingerprint density at radius 1 is 1.09 bits per heavy atom. The topological polar surface area (TPSA) is 35.5 Å². The average Bonchev–Trinajstić information content (AvgIpc) is 3.14. The summed E-state index contributed by atoms with van der Waals surface area (Å²) in [4.78, 5) is 12.1. The monoisotopic (exact) mass is 484 g/mol. The molecule has 198 valence electrons. The van der Waals surface area contributed by atoms with E-state index in [1.807, 2.05) is 6.92 Å². The minimum absolute atomic E-state index is 0.0380. The summed E-state index contributed by atoms with van der Waals surface area (Å²) in [5.41, 5.74) is 3.25. The summed E-state index contributed by atoms with van der Waals surface area (Å²) in [6, 6.07) is 0. The van der Waals surface area contributed by atoms with E-state index in [9.17, 15) is 4.79 Å². The van der Waals surface area contributed by atoms with Crippen LogP contribution in [0.5, 0.6) is 0 Å². The van der Waals surface area contributed by atoms with Gasteiger partial charge in [0, 0.05) is 6.42 Å². The Labute approximate surface area is 215 Å². The second-order valence-corrected chi connectivity index (χ2v) is 13.6.